The van der Waals surface area contributed by atoms with Crippen LogP contribution in [-0.4, -0.2) is 36.4 Å². The van der Waals surface area contributed by atoms with Crippen LogP contribution in [0.15, 0.2) is 24.3 Å². The molecule has 2 heterocycles. The second-order valence-corrected chi connectivity index (χ2v) is 6.86. The normalized spacial score (nSPS) is 23.2. The predicted molar refractivity (Wildman–Crippen MR) is 94.2 cm³/mol. The molecule has 1 saturated heterocycles. The quantitative estimate of drug-likeness (QED) is 0.780. The average molecular weight is 282 g/mol. The smallest absolute Gasteiger partial charge is 0.139 e. The van der Waals surface area contributed by atoms with Gasteiger partial charge < -0.3 is 4.57 Å². The first-order valence-electron chi connectivity index (χ1n) is 8.37. The zero-order chi connectivity index (χ0) is 15.0. The highest BCUT2D eigenvalue weighted by Gasteiger charge is 2.27. The Kier molecular flexibility index (Phi) is 4.12. The lowest BCUT2D eigenvalue weighted by Gasteiger charge is -2.21. The molecule has 1 fully saturated rings. The Morgan fingerprint density at radius 1 is 1.29 bits per heavy atom. The van der Waals surface area contributed by atoms with Crippen LogP contribution in [0.5, 0.6) is 0 Å². The van der Waals surface area contributed by atoms with Gasteiger partial charge in [0.25, 0.3) is 0 Å². The van der Waals surface area contributed by atoms with Gasteiger partial charge in [0.05, 0.1) is 0 Å². The Hall–Kier alpha value is -1.22. The lowest BCUT2D eigenvalue weighted by Crippen LogP contribution is -2.29. The van der Waals surface area contributed by atoms with Gasteiger partial charge in [-0.3, -0.25) is 4.90 Å². The van der Waals surface area contributed by atoms with Gasteiger partial charge in [-0.1, -0.05) is 30.9 Å². The van der Waals surface area contributed by atoms with E-state index in [4.69, 9.17) is 0 Å². The Balaban J connectivity index is 1.72. The first kappa shape index (κ1) is 14.7. The summed E-state index contributed by atoms with van der Waals surface area (Å²) in [7, 11) is 4.37. The van der Waals surface area contributed by atoms with Gasteiger partial charge in [0, 0.05) is 43.8 Å². The molecule has 1 aromatic heterocycles. The highest BCUT2D eigenvalue weighted by molar-refractivity contribution is 6.33. The molecule has 3 rings (SSSR count). The molecule has 2 nitrogen and oxygen atoms in total. The van der Waals surface area contributed by atoms with Crippen molar-refractivity contribution in [2.75, 3.05) is 13.1 Å². The monoisotopic (exact) mass is 282 g/mol. The van der Waals surface area contributed by atoms with Crippen LogP contribution < -0.4 is 5.46 Å². The van der Waals surface area contributed by atoms with E-state index in [1.807, 2.05) is 0 Å². The molecule has 0 N–H and O–H groups in total. The topological polar surface area (TPSA) is 8.17 Å². The fraction of sp³-hybridized carbons (Fsp3) is 0.556. The van der Waals surface area contributed by atoms with Crippen molar-refractivity contribution in [2.45, 2.75) is 39.2 Å². The van der Waals surface area contributed by atoms with E-state index < -0.39 is 0 Å². The number of hydrogen-bond donors (Lipinski definition) is 0. The molecule has 1 aliphatic rings. The summed E-state index contributed by atoms with van der Waals surface area (Å²) in [6, 6.07) is 9.89. The van der Waals surface area contributed by atoms with Crippen LogP contribution in [-0.2, 0) is 13.5 Å². The van der Waals surface area contributed by atoms with E-state index in [0.29, 0.717) is 0 Å². The van der Waals surface area contributed by atoms with E-state index >= 15 is 0 Å². The third kappa shape index (κ3) is 2.89. The molecular formula is C18H27BN2. The van der Waals surface area contributed by atoms with Crippen LogP contribution in [0.4, 0.5) is 0 Å². The van der Waals surface area contributed by atoms with Crippen molar-refractivity contribution in [2.24, 2.45) is 13.0 Å². The maximum Gasteiger partial charge on any atom is 0.139 e. The van der Waals surface area contributed by atoms with Crippen LogP contribution in [0.3, 0.4) is 0 Å². The third-order valence-corrected chi connectivity index (χ3v) is 5.32. The molecule has 0 saturated carbocycles. The third-order valence-electron chi connectivity index (χ3n) is 5.32. The van der Waals surface area contributed by atoms with Gasteiger partial charge >= 0.3 is 0 Å². The van der Waals surface area contributed by atoms with E-state index in [9.17, 15) is 0 Å². The molecule has 1 unspecified atom stereocenters. The summed E-state index contributed by atoms with van der Waals surface area (Å²) < 4.78 is 2.37. The molecule has 0 radical (unpaired) electrons. The minimum atomic E-state index is 0.756. The molecule has 3 heteroatoms. The fourth-order valence-corrected chi connectivity index (χ4v) is 3.85. The molecule has 1 aliphatic heterocycles. The Labute approximate surface area is 129 Å². The SMILES string of the molecule is Bc1ccc2c(c1)cc(CCN1CC(CC)C[C@H]1C)n2C. The number of benzene rings is 1. The van der Waals surface area contributed by atoms with Crippen molar-refractivity contribution >= 4 is 24.2 Å². The van der Waals surface area contributed by atoms with E-state index in [1.54, 1.807) is 0 Å². The lowest BCUT2D eigenvalue weighted by atomic mass is 9.95. The van der Waals surface area contributed by atoms with Gasteiger partial charge in [-0.25, -0.2) is 0 Å². The molecule has 0 amide bonds. The van der Waals surface area contributed by atoms with Crippen molar-refractivity contribution in [1.29, 1.82) is 0 Å². The molecule has 0 aliphatic carbocycles. The second-order valence-electron chi connectivity index (χ2n) is 6.86. The predicted octanol–water partition coefficient (Wildman–Crippen LogP) is 2.10. The van der Waals surface area contributed by atoms with Crippen LogP contribution in [0, 0.1) is 5.92 Å². The Morgan fingerprint density at radius 3 is 2.81 bits per heavy atom. The summed E-state index contributed by atoms with van der Waals surface area (Å²) in [6.45, 7) is 7.20. The van der Waals surface area contributed by atoms with Gasteiger partial charge in [-0.05, 0) is 36.8 Å². The Morgan fingerprint density at radius 2 is 2.10 bits per heavy atom. The standard InChI is InChI=1S/C18H27BN2/c1-4-14-9-13(2)21(12-14)8-7-17-11-15-10-16(19)5-6-18(15)20(17)3/h5-6,10-11,13-14H,4,7-9,12,19H2,1-3H3/t13-,14?/m1/s1. The molecule has 1 aromatic carbocycles. The maximum absolute atomic E-state index is 2.68. The zero-order valence-corrected chi connectivity index (χ0v) is 13.9. The first-order valence-corrected chi connectivity index (χ1v) is 8.37. The molecular weight excluding hydrogens is 255 g/mol. The van der Waals surface area contributed by atoms with Gasteiger partial charge in [0.2, 0.25) is 0 Å². The van der Waals surface area contributed by atoms with E-state index in [2.05, 4.69) is 62.5 Å². The minimum Gasteiger partial charge on any atom is -0.348 e. The van der Waals surface area contributed by atoms with Gasteiger partial charge in [-0.15, -0.1) is 0 Å². The zero-order valence-electron chi connectivity index (χ0n) is 13.9. The number of hydrogen-bond acceptors (Lipinski definition) is 1. The molecule has 112 valence electrons. The van der Waals surface area contributed by atoms with Gasteiger partial charge in [0.15, 0.2) is 0 Å². The number of fused-ring (bicyclic) bond motifs is 1. The number of rotatable bonds is 4. The molecule has 0 spiro atoms. The number of aryl methyl sites for hydroxylation is 1. The summed E-state index contributed by atoms with van der Waals surface area (Å²) in [5.41, 5.74) is 4.16. The second kappa shape index (κ2) is 5.88. The lowest BCUT2D eigenvalue weighted by molar-refractivity contribution is 0.265. The fourth-order valence-electron chi connectivity index (χ4n) is 3.85. The Bertz CT molecular complexity index is 631. The summed E-state index contributed by atoms with van der Waals surface area (Å²) >= 11 is 0. The first-order chi connectivity index (χ1) is 10.1. The highest BCUT2D eigenvalue weighted by Crippen LogP contribution is 2.26. The molecule has 0 bridgehead atoms. The van der Waals surface area contributed by atoms with Crippen molar-refractivity contribution in [3.05, 3.63) is 30.0 Å². The van der Waals surface area contributed by atoms with Crippen LogP contribution >= 0.6 is 0 Å². The number of nitrogens with zero attached hydrogens (tertiary/aromatic N) is 2. The largest absolute Gasteiger partial charge is 0.348 e. The maximum atomic E-state index is 2.68. The van der Waals surface area contributed by atoms with E-state index in [-0.39, 0.29) is 0 Å². The van der Waals surface area contributed by atoms with E-state index in [0.717, 1.165) is 18.4 Å². The number of likely N-dealkylation sites (tertiary alicyclic amines) is 1. The van der Waals surface area contributed by atoms with E-state index in [1.165, 1.54) is 48.0 Å². The van der Waals surface area contributed by atoms with Crippen LogP contribution in [0.2, 0.25) is 0 Å². The van der Waals surface area contributed by atoms with Crippen LogP contribution in [0.1, 0.15) is 32.4 Å². The summed E-state index contributed by atoms with van der Waals surface area (Å²) in [5.74, 6) is 0.912. The van der Waals surface area contributed by atoms with Crippen molar-refractivity contribution in [3.63, 3.8) is 0 Å². The van der Waals surface area contributed by atoms with Gasteiger partial charge in [0.1, 0.15) is 7.85 Å². The highest BCUT2D eigenvalue weighted by atomic mass is 15.2. The van der Waals surface area contributed by atoms with Crippen LogP contribution in [0.25, 0.3) is 10.9 Å². The van der Waals surface area contributed by atoms with Crippen molar-refractivity contribution in [3.8, 4) is 0 Å². The molecule has 2 aromatic rings. The average Bonchev–Trinajstić information content (AvgIpc) is 2.97. The summed E-state index contributed by atoms with van der Waals surface area (Å²) in [4.78, 5) is 2.68. The molecule has 2 atom stereocenters. The molecule has 21 heavy (non-hydrogen) atoms. The van der Waals surface area contributed by atoms with Crippen molar-refractivity contribution < 1.29 is 0 Å². The van der Waals surface area contributed by atoms with Crippen molar-refractivity contribution in [1.82, 2.24) is 9.47 Å². The minimum absolute atomic E-state index is 0.756. The number of aromatic nitrogens is 1. The van der Waals surface area contributed by atoms with Gasteiger partial charge in [-0.2, -0.15) is 0 Å². The summed E-state index contributed by atoms with van der Waals surface area (Å²) in [6.07, 6.45) is 3.87. The summed E-state index contributed by atoms with van der Waals surface area (Å²) in [5, 5.41) is 1.38.